The molecule has 2 aromatic rings. The predicted octanol–water partition coefficient (Wildman–Crippen LogP) is 3.96. The van der Waals surface area contributed by atoms with Gasteiger partial charge in [-0.2, -0.15) is 0 Å². The number of piperidine rings is 1. The van der Waals surface area contributed by atoms with Crippen molar-refractivity contribution in [1.82, 2.24) is 4.90 Å². The molecule has 0 radical (unpaired) electrons. The quantitative estimate of drug-likeness (QED) is 0.585. The summed E-state index contributed by atoms with van der Waals surface area (Å²) in [6.07, 6.45) is 4.65. The van der Waals surface area contributed by atoms with Crippen molar-refractivity contribution in [3.05, 3.63) is 77.1 Å². The molecule has 1 aliphatic heterocycles. The summed E-state index contributed by atoms with van der Waals surface area (Å²) in [6.45, 7) is 2.39. The zero-order valence-electron chi connectivity index (χ0n) is 16.2. The predicted molar refractivity (Wildman–Crippen MR) is 108 cm³/mol. The lowest BCUT2D eigenvalue weighted by molar-refractivity contribution is -0.124. The highest BCUT2D eigenvalue weighted by Crippen LogP contribution is 2.35. The van der Waals surface area contributed by atoms with E-state index in [0.29, 0.717) is 37.1 Å². The van der Waals surface area contributed by atoms with E-state index < -0.39 is 5.54 Å². The van der Waals surface area contributed by atoms with E-state index in [9.17, 15) is 18.8 Å². The molecule has 0 bridgehead atoms. The van der Waals surface area contributed by atoms with Gasteiger partial charge in [-0.05, 0) is 55.7 Å². The molecule has 1 fully saturated rings. The van der Waals surface area contributed by atoms with Crippen LogP contribution >= 0.6 is 0 Å². The van der Waals surface area contributed by atoms with Crippen molar-refractivity contribution in [2.45, 2.75) is 25.3 Å². The first kappa shape index (κ1) is 19.4. The Kier molecular flexibility index (Phi) is 5.01. The lowest BCUT2D eigenvalue weighted by atomic mass is 9.76. The lowest BCUT2D eigenvalue weighted by Gasteiger charge is -2.44. The maximum absolute atomic E-state index is 13.3. The molecule has 0 aromatic heterocycles. The lowest BCUT2D eigenvalue weighted by Crippen LogP contribution is -2.61. The second-order valence-corrected chi connectivity index (χ2v) is 7.70. The maximum atomic E-state index is 13.3. The fraction of sp³-hybridized carbons (Fsp3) is 0.292. The van der Waals surface area contributed by atoms with Crippen LogP contribution < -0.4 is 0 Å². The van der Waals surface area contributed by atoms with Gasteiger partial charge in [-0.15, -0.1) is 0 Å². The number of hydrogen-bond acceptors (Lipinski definition) is 4. The summed E-state index contributed by atoms with van der Waals surface area (Å²) >= 11 is 0. The zero-order chi connectivity index (χ0) is 20.6. The van der Waals surface area contributed by atoms with Crippen molar-refractivity contribution < 1.29 is 18.8 Å². The van der Waals surface area contributed by atoms with Gasteiger partial charge in [-0.3, -0.25) is 19.3 Å². The summed E-state index contributed by atoms with van der Waals surface area (Å²) in [5, 5.41) is 0. The van der Waals surface area contributed by atoms with Crippen LogP contribution in [0, 0.1) is 11.7 Å². The molecule has 4 nitrogen and oxygen atoms in total. The normalized spacial score (nSPS) is 22.3. The smallest absolute Gasteiger partial charge is 0.195 e. The first-order valence-corrected chi connectivity index (χ1v) is 9.82. The molecule has 1 unspecified atom stereocenters. The molecule has 0 saturated carbocycles. The van der Waals surface area contributed by atoms with Crippen LogP contribution in [0.15, 0.2) is 54.6 Å². The first-order valence-electron chi connectivity index (χ1n) is 9.82. The summed E-state index contributed by atoms with van der Waals surface area (Å²) in [6, 6.07) is 12.9. The van der Waals surface area contributed by atoms with Gasteiger partial charge in [0.2, 0.25) is 0 Å². The van der Waals surface area contributed by atoms with Crippen LogP contribution in [0.1, 0.15) is 46.0 Å². The molecule has 1 heterocycles. The van der Waals surface area contributed by atoms with Gasteiger partial charge in [0.1, 0.15) is 5.82 Å². The standard InChI is InChI=1S/C24H22FNO3/c1-16(27)24(13-10-17-4-2-3-5-21(17)23(24)29)26-14-11-19(12-15-26)22(28)18-6-8-20(25)9-7-18/h2-10,13,19H,11-12,14-15H2,1H3. The third kappa shape index (κ3) is 3.25. The molecular weight excluding hydrogens is 369 g/mol. The molecule has 0 N–H and O–H groups in total. The molecule has 2 aliphatic rings. The van der Waals surface area contributed by atoms with E-state index >= 15 is 0 Å². The molecule has 148 valence electrons. The van der Waals surface area contributed by atoms with Crippen molar-refractivity contribution in [2.24, 2.45) is 5.92 Å². The topological polar surface area (TPSA) is 54.5 Å². The largest absolute Gasteiger partial charge is 0.297 e. The third-order valence-electron chi connectivity index (χ3n) is 6.09. The van der Waals surface area contributed by atoms with Gasteiger partial charge < -0.3 is 0 Å². The number of Topliss-reactive ketones (excluding diaryl/α,β-unsaturated/α-hetero) is 3. The van der Waals surface area contributed by atoms with Crippen LogP contribution in [-0.2, 0) is 4.79 Å². The number of fused-ring (bicyclic) bond motifs is 1. The Labute approximate surface area is 169 Å². The molecule has 0 spiro atoms. The number of likely N-dealkylation sites (tertiary alicyclic amines) is 1. The number of ketones is 3. The molecule has 1 saturated heterocycles. The second-order valence-electron chi connectivity index (χ2n) is 7.70. The van der Waals surface area contributed by atoms with E-state index in [1.807, 2.05) is 23.1 Å². The van der Waals surface area contributed by atoms with Gasteiger partial charge in [0.05, 0.1) is 0 Å². The Balaban J connectivity index is 1.55. The zero-order valence-corrected chi connectivity index (χ0v) is 16.2. The van der Waals surface area contributed by atoms with Crippen molar-refractivity contribution in [3.8, 4) is 0 Å². The van der Waals surface area contributed by atoms with E-state index in [-0.39, 0.29) is 29.1 Å². The van der Waals surface area contributed by atoms with E-state index in [1.165, 1.54) is 31.2 Å². The summed E-state index contributed by atoms with van der Waals surface area (Å²) in [4.78, 5) is 40.7. The van der Waals surface area contributed by atoms with Gasteiger partial charge in [0.15, 0.2) is 22.9 Å². The Morgan fingerprint density at radius 2 is 1.69 bits per heavy atom. The van der Waals surface area contributed by atoms with Crippen molar-refractivity contribution in [1.29, 1.82) is 0 Å². The minimum atomic E-state index is -1.31. The summed E-state index contributed by atoms with van der Waals surface area (Å²) in [7, 11) is 0. The van der Waals surface area contributed by atoms with E-state index in [2.05, 4.69) is 0 Å². The molecule has 2 aromatic carbocycles. The molecule has 5 heteroatoms. The Morgan fingerprint density at radius 1 is 1.03 bits per heavy atom. The fourth-order valence-corrected chi connectivity index (χ4v) is 4.43. The van der Waals surface area contributed by atoms with Crippen molar-refractivity contribution in [3.63, 3.8) is 0 Å². The Hall–Kier alpha value is -2.92. The van der Waals surface area contributed by atoms with Crippen LogP contribution in [0.25, 0.3) is 6.08 Å². The highest BCUT2D eigenvalue weighted by atomic mass is 19.1. The van der Waals surface area contributed by atoms with Crippen LogP contribution in [0.2, 0.25) is 0 Å². The summed E-state index contributed by atoms with van der Waals surface area (Å²) in [5.74, 6) is -1.00. The average molecular weight is 391 g/mol. The van der Waals surface area contributed by atoms with Crippen LogP contribution in [0.3, 0.4) is 0 Å². The van der Waals surface area contributed by atoms with Gasteiger partial charge in [0, 0.05) is 30.1 Å². The van der Waals surface area contributed by atoms with Gasteiger partial charge in [0.25, 0.3) is 0 Å². The number of carbonyl (C=O) groups excluding carboxylic acids is 3. The highest BCUT2D eigenvalue weighted by molar-refractivity contribution is 6.22. The molecule has 1 atom stereocenters. The number of rotatable bonds is 4. The first-order chi connectivity index (χ1) is 13.9. The Bertz CT molecular complexity index is 1000. The van der Waals surface area contributed by atoms with Crippen LogP contribution in [0.5, 0.6) is 0 Å². The van der Waals surface area contributed by atoms with E-state index in [0.717, 1.165) is 5.56 Å². The van der Waals surface area contributed by atoms with E-state index in [1.54, 1.807) is 18.2 Å². The Morgan fingerprint density at radius 3 is 2.34 bits per heavy atom. The molecule has 4 rings (SSSR count). The maximum Gasteiger partial charge on any atom is 0.195 e. The van der Waals surface area contributed by atoms with Crippen LogP contribution in [0.4, 0.5) is 4.39 Å². The minimum absolute atomic E-state index is 0.0163. The number of nitrogens with zero attached hydrogens (tertiary/aromatic N) is 1. The molecule has 0 amide bonds. The molecule has 29 heavy (non-hydrogen) atoms. The molecule has 1 aliphatic carbocycles. The number of hydrogen-bond donors (Lipinski definition) is 0. The van der Waals surface area contributed by atoms with E-state index in [4.69, 9.17) is 0 Å². The van der Waals surface area contributed by atoms with Gasteiger partial charge in [-0.1, -0.05) is 30.3 Å². The average Bonchev–Trinajstić information content (AvgIpc) is 2.74. The highest BCUT2D eigenvalue weighted by Gasteiger charge is 2.49. The molecular formula is C24H22FNO3. The third-order valence-corrected chi connectivity index (χ3v) is 6.09. The van der Waals surface area contributed by atoms with Crippen molar-refractivity contribution in [2.75, 3.05) is 13.1 Å². The van der Waals surface area contributed by atoms with Gasteiger partial charge in [-0.25, -0.2) is 4.39 Å². The summed E-state index contributed by atoms with van der Waals surface area (Å²) in [5.41, 5.74) is 0.553. The van der Waals surface area contributed by atoms with Crippen LogP contribution in [-0.4, -0.2) is 40.9 Å². The van der Waals surface area contributed by atoms with Gasteiger partial charge >= 0.3 is 0 Å². The summed E-state index contributed by atoms with van der Waals surface area (Å²) < 4.78 is 13.1. The number of benzene rings is 2. The number of halogens is 1. The number of carbonyl (C=O) groups is 3. The second kappa shape index (κ2) is 7.48. The SMILES string of the molecule is CC(=O)C1(N2CCC(C(=O)c3ccc(F)cc3)CC2)C=Cc2ccccc2C1=O. The monoisotopic (exact) mass is 391 g/mol. The fourth-order valence-electron chi connectivity index (χ4n) is 4.43. The van der Waals surface area contributed by atoms with Crippen molar-refractivity contribution >= 4 is 23.4 Å². The minimum Gasteiger partial charge on any atom is -0.297 e.